The van der Waals surface area contributed by atoms with E-state index in [1.165, 1.54) is 30.5 Å². The monoisotopic (exact) mass is 235 g/mol. The summed E-state index contributed by atoms with van der Waals surface area (Å²) >= 11 is 0. The quantitative estimate of drug-likeness (QED) is 0.847. The Kier molecular flexibility index (Phi) is 3.77. The largest absolute Gasteiger partial charge is 0.454 e. The van der Waals surface area contributed by atoms with Crippen LogP contribution in [0.3, 0.4) is 0 Å². The van der Waals surface area contributed by atoms with Crippen molar-refractivity contribution in [2.75, 3.05) is 12.1 Å². The molecule has 1 aliphatic heterocycles. The highest BCUT2D eigenvalue weighted by molar-refractivity contribution is 5.61. The van der Waals surface area contributed by atoms with Crippen molar-refractivity contribution in [2.45, 2.75) is 46.1 Å². The molecule has 94 valence electrons. The van der Waals surface area contributed by atoms with Crippen molar-refractivity contribution in [1.29, 1.82) is 0 Å². The van der Waals surface area contributed by atoms with Gasteiger partial charge in [-0.15, -0.1) is 0 Å². The van der Waals surface area contributed by atoms with Gasteiger partial charge in [0.25, 0.3) is 0 Å². The number of ether oxygens (including phenoxy) is 2. The molecule has 0 atom stereocenters. The van der Waals surface area contributed by atoms with E-state index in [0.717, 1.165) is 11.5 Å². The second kappa shape index (κ2) is 5.30. The van der Waals surface area contributed by atoms with Gasteiger partial charge in [-0.05, 0) is 37.8 Å². The molecule has 1 aromatic rings. The van der Waals surface area contributed by atoms with Gasteiger partial charge in [0.15, 0.2) is 11.5 Å². The minimum atomic E-state index is 0.349. The van der Waals surface area contributed by atoms with E-state index in [9.17, 15) is 0 Å². The highest BCUT2D eigenvalue weighted by Gasteiger charge is 2.20. The van der Waals surface area contributed by atoms with Crippen LogP contribution in [0, 0.1) is 6.92 Å². The Morgan fingerprint density at radius 2 is 1.76 bits per heavy atom. The zero-order chi connectivity index (χ0) is 12.3. The van der Waals surface area contributed by atoms with Crippen molar-refractivity contribution in [2.24, 2.45) is 0 Å². The predicted molar refractivity (Wildman–Crippen MR) is 69.9 cm³/mol. The van der Waals surface area contributed by atoms with Crippen LogP contribution in [-0.2, 0) is 0 Å². The first-order chi connectivity index (χ1) is 8.33. The van der Waals surface area contributed by atoms with Crippen LogP contribution < -0.4 is 14.8 Å². The van der Waals surface area contributed by atoms with Gasteiger partial charge in [-0.2, -0.15) is 0 Å². The van der Waals surface area contributed by atoms with Gasteiger partial charge in [0.1, 0.15) is 0 Å². The van der Waals surface area contributed by atoms with Crippen molar-refractivity contribution in [1.82, 2.24) is 0 Å². The van der Waals surface area contributed by atoms with Crippen LogP contribution in [-0.4, -0.2) is 12.8 Å². The minimum Gasteiger partial charge on any atom is -0.454 e. The van der Waals surface area contributed by atoms with Crippen molar-refractivity contribution < 1.29 is 9.47 Å². The fraction of sp³-hybridized carbons (Fsp3) is 0.571. The normalized spacial score (nSPS) is 16.9. The lowest BCUT2D eigenvalue weighted by molar-refractivity contribution is 0.174. The number of hydrogen-bond donors (Lipinski definition) is 1. The van der Waals surface area contributed by atoms with Crippen LogP contribution in [0.4, 0.5) is 5.69 Å². The third kappa shape index (κ3) is 2.48. The molecule has 1 heterocycles. The first-order valence-electron chi connectivity index (χ1n) is 6.50. The summed E-state index contributed by atoms with van der Waals surface area (Å²) < 4.78 is 10.7. The zero-order valence-corrected chi connectivity index (χ0v) is 10.9. The minimum absolute atomic E-state index is 0.349. The zero-order valence-electron chi connectivity index (χ0n) is 10.9. The van der Waals surface area contributed by atoms with Crippen LogP contribution in [0.25, 0.3) is 0 Å². The average Bonchev–Trinajstić information content (AvgIpc) is 2.73. The van der Waals surface area contributed by atoms with Gasteiger partial charge in [-0.1, -0.05) is 13.8 Å². The van der Waals surface area contributed by atoms with Crippen LogP contribution in [0.15, 0.2) is 12.1 Å². The van der Waals surface area contributed by atoms with Crippen LogP contribution in [0.2, 0.25) is 0 Å². The van der Waals surface area contributed by atoms with E-state index in [0.29, 0.717) is 12.8 Å². The molecule has 3 rings (SSSR count). The van der Waals surface area contributed by atoms with Crippen LogP contribution in [0.1, 0.15) is 38.7 Å². The molecule has 0 spiro atoms. The van der Waals surface area contributed by atoms with Gasteiger partial charge in [0, 0.05) is 17.8 Å². The number of anilines is 1. The van der Waals surface area contributed by atoms with E-state index in [2.05, 4.69) is 18.3 Å². The fourth-order valence-electron chi connectivity index (χ4n) is 1.97. The maximum absolute atomic E-state index is 5.37. The lowest BCUT2D eigenvalue weighted by Crippen LogP contribution is -2.27. The van der Waals surface area contributed by atoms with E-state index < -0.39 is 0 Å². The molecule has 17 heavy (non-hydrogen) atoms. The number of nitrogens with one attached hydrogen (secondary N) is 1. The lowest BCUT2D eigenvalue weighted by Gasteiger charge is -2.28. The summed E-state index contributed by atoms with van der Waals surface area (Å²) in [7, 11) is 0. The maximum atomic E-state index is 5.37. The highest BCUT2D eigenvalue weighted by Crippen LogP contribution is 2.37. The van der Waals surface area contributed by atoms with Crippen LogP contribution in [0.5, 0.6) is 11.5 Å². The van der Waals surface area contributed by atoms with Crippen molar-refractivity contribution in [3.8, 4) is 11.5 Å². The summed E-state index contributed by atoms with van der Waals surface area (Å²) in [6, 6.07) is 4.75. The number of hydrogen-bond acceptors (Lipinski definition) is 3. The van der Waals surface area contributed by atoms with Gasteiger partial charge < -0.3 is 14.8 Å². The first-order valence-corrected chi connectivity index (χ1v) is 6.50. The van der Waals surface area contributed by atoms with Gasteiger partial charge >= 0.3 is 0 Å². The number of benzene rings is 1. The van der Waals surface area contributed by atoms with Gasteiger partial charge in [-0.3, -0.25) is 0 Å². The summed E-state index contributed by atoms with van der Waals surface area (Å²) in [6.45, 7) is 6.45. The maximum Gasteiger partial charge on any atom is 0.231 e. The number of rotatable bonds is 2. The topological polar surface area (TPSA) is 30.5 Å². The molecule has 0 bridgehead atoms. The Bertz CT molecular complexity index is 386. The van der Waals surface area contributed by atoms with E-state index >= 15 is 0 Å². The molecule has 1 saturated carbocycles. The molecule has 1 fully saturated rings. The van der Waals surface area contributed by atoms with Gasteiger partial charge in [-0.25, -0.2) is 0 Å². The van der Waals surface area contributed by atoms with E-state index in [1.807, 2.05) is 19.9 Å². The molecule has 0 aromatic heterocycles. The summed E-state index contributed by atoms with van der Waals surface area (Å²) in [5.41, 5.74) is 2.41. The smallest absolute Gasteiger partial charge is 0.231 e. The Balaban J connectivity index is 0.000000514. The first kappa shape index (κ1) is 12.1. The molecule has 2 aliphatic rings. The number of aryl methyl sites for hydroxylation is 1. The Hall–Kier alpha value is -1.38. The van der Waals surface area contributed by atoms with E-state index in [-0.39, 0.29) is 0 Å². The molecule has 3 heteroatoms. The predicted octanol–water partition coefficient (Wildman–Crippen LogP) is 3.71. The Labute approximate surface area is 103 Å². The van der Waals surface area contributed by atoms with Gasteiger partial charge in [0.2, 0.25) is 6.79 Å². The van der Waals surface area contributed by atoms with Gasteiger partial charge in [0.05, 0.1) is 0 Å². The molecule has 0 amide bonds. The number of fused-ring (bicyclic) bond motifs is 1. The third-order valence-electron chi connectivity index (χ3n) is 3.18. The summed E-state index contributed by atoms with van der Waals surface area (Å²) in [5, 5.41) is 3.54. The molecular formula is C14H21NO2. The van der Waals surface area contributed by atoms with Crippen molar-refractivity contribution in [3.63, 3.8) is 0 Å². The molecule has 0 unspecified atom stereocenters. The highest BCUT2D eigenvalue weighted by atomic mass is 16.7. The van der Waals surface area contributed by atoms with E-state index in [1.54, 1.807) is 0 Å². The lowest BCUT2D eigenvalue weighted by atomic mass is 9.92. The Morgan fingerprint density at radius 3 is 2.35 bits per heavy atom. The Morgan fingerprint density at radius 1 is 1.12 bits per heavy atom. The molecule has 1 aliphatic carbocycles. The second-order valence-corrected chi connectivity index (χ2v) is 4.29. The molecule has 1 N–H and O–H groups in total. The van der Waals surface area contributed by atoms with Crippen LogP contribution >= 0.6 is 0 Å². The standard InChI is InChI=1S/C12H15NO2.C2H6/c1-8-5-11-12(15-7-14-11)6-10(8)13-9-3-2-4-9;1-2/h5-6,9,13H,2-4,7H2,1H3;1-2H3. The van der Waals surface area contributed by atoms with Crippen molar-refractivity contribution in [3.05, 3.63) is 17.7 Å². The summed E-state index contributed by atoms with van der Waals surface area (Å²) in [5.74, 6) is 1.73. The van der Waals surface area contributed by atoms with E-state index in [4.69, 9.17) is 9.47 Å². The third-order valence-corrected chi connectivity index (χ3v) is 3.18. The molecule has 0 radical (unpaired) electrons. The molecule has 0 saturated heterocycles. The summed E-state index contributed by atoms with van der Waals surface area (Å²) in [6.07, 6.45) is 3.92. The SMILES string of the molecule is CC.Cc1cc2c(cc1NC1CCC1)OCO2. The second-order valence-electron chi connectivity index (χ2n) is 4.29. The average molecular weight is 235 g/mol. The summed E-state index contributed by atoms with van der Waals surface area (Å²) in [4.78, 5) is 0. The molecule has 3 nitrogen and oxygen atoms in total. The molecular weight excluding hydrogens is 214 g/mol. The fourth-order valence-corrected chi connectivity index (χ4v) is 1.97. The van der Waals surface area contributed by atoms with Crippen molar-refractivity contribution >= 4 is 5.69 Å². The molecule has 1 aromatic carbocycles.